The smallest absolute Gasteiger partial charge is 0.151 e. The largest absolute Gasteiger partial charge is 0.456 e. The molecule has 0 aliphatic heterocycles. The molecule has 2 rings (SSSR count). The summed E-state index contributed by atoms with van der Waals surface area (Å²) >= 11 is 0. The van der Waals surface area contributed by atoms with E-state index in [-0.39, 0.29) is 0 Å². The van der Waals surface area contributed by atoms with Crippen LogP contribution in [0.5, 0.6) is 11.5 Å². The highest BCUT2D eigenvalue weighted by Crippen LogP contribution is 2.19. The van der Waals surface area contributed by atoms with Gasteiger partial charge in [0.25, 0.3) is 0 Å². The van der Waals surface area contributed by atoms with Crippen molar-refractivity contribution in [1.29, 1.82) is 0 Å². The minimum absolute atomic E-state index is 0.503. The molecule has 1 aromatic heterocycles. The molecule has 0 radical (unpaired) electrons. The number of carbonyl (C=O) groups is 1. The highest BCUT2D eigenvalue weighted by molar-refractivity contribution is 5.74. The Kier molecular flexibility index (Phi) is 2.74. The van der Waals surface area contributed by atoms with Gasteiger partial charge in [-0.3, -0.25) is 9.78 Å². The van der Waals surface area contributed by atoms with Gasteiger partial charge >= 0.3 is 0 Å². The molecule has 1 heterocycles. The molecular formula is C12H9NO2. The van der Waals surface area contributed by atoms with E-state index in [1.165, 1.54) is 6.20 Å². The molecule has 0 fully saturated rings. The number of benzene rings is 1. The normalized spacial score (nSPS) is 9.60. The lowest BCUT2D eigenvalue weighted by Crippen LogP contribution is -1.87. The van der Waals surface area contributed by atoms with E-state index in [1.807, 2.05) is 30.3 Å². The van der Waals surface area contributed by atoms with E-state index in [0.29, 0.717) is 11.3 Å². The zero-order chi connectivity index (χ0) is 10.5. The van der Waals surface area contributed by atoms with E-state index >= 15 is 0 Å². The summed E-state index contributed by atoms with van der Waals surface area (Å²) in [7, 11) is 0. The van der Waals surface area contributed by atoms with Crippen molar-refractivity contribution in [2.45, 2.75) is 0 Å². The molecule has 0 N–H and O–H groups in total. The van der Waals surface area contributed by atoms with Crippen molar-refractivity contribution >= 4 is 6.29 Å². The maximum Gasteiger partial charge on any atom is 0.151 e. The van der Waals surface area contributed by atoms with Crippen molar-refractivity contribution in [3.05, 3.63) is 54.4 Å². The number of aromatic nitrogens is 1. The van der Waals surface area contributed by atoms with Gasteiger partial charge in [-0.15, -0.1) is 0 Å². The summed E-state index contributed by atoms with van der Waals surface area (Å²) in [6.07, 6.45) is 3.80. The molecule has 0 aliphatic rings. The average Bonchev–Trinajstić information content (AvgIpc) is 2.31. The van der Waals surface area contributed by atoms with Gasteiger partial charge in [-0.05, 0) is 18.2 Å². The number of ether oxygens (including phenoxy) is 1. The monoisotopic (exact) mass is 199 g/mol. The molecule has 0 spiro atoms. The standard InChI is InChI=1S/C12H9NO2/c14-9-10-6-12(8-13-7-10)15-11-4-2-1-3-5-11/h1-9H. The molecule has 0 amide bonds. The molecule has 15 heavy (non-hydrogen) atoms. The molecular weight excluding hydrogens is 190 g/mol. The van der Waals surface area contributed by atoms with Gasteiger partial charge in [0.1, 0.15) is 11.5 Å². The molecule has 0 saturated carbocycles. The summed E-state index contributed by atoms with van der Waals surface area (Å²) in [4.78, 5) is 14.4. The van der Waals surface area contributed by atoms with Crippen molar-refractivity contribution in [2.75, 3.05) is 0 Å². The van der Waals surface area contributed by atoms with Gasteiger partial charge in [-0.1, -0.05) is 18.2 Å². The molecule has 0 aliphatic carbocycles. The third-order valence-electron chi connectivity index (χ3n) is 1.85. The van der Waals surface area contributed by atoms with Crippen LogP contribution < -0.4 is 4.74 Å². The van der Waals surface area contributed by atoms with Crippen molar-refractivity contribution in [1.82, 2.24) is 4.98 Å². The lowest BCUT2D eigenvalue weighted by molar-refractivity contribution is 0.112. The van der Waals surface area contributed by atoms with Crippen molar-refractivity contribution in [3.8, 4) is 11.5 Å². The first-order valence-corrected chi connectivity index (χ1v) is 4.51. The number of carbonyl (C=O) groups excluding carboxylic acids is 1. The van der Waals surface area contributed by atoms with Crippen molar-refractivity contribution in [3.63, 3.8) is 0 Å². The second-order valence-corrected chi connectivity index (χ2v) is 2.99. The van der Waals surface area contributed by atoms with Crippen LogP contribution in [-0.4, -0.2) is 11.3 Å². The summed E-state index contributed by atoms with van der Waals surface area (Å²) in [5.41, 5.74) is 0.503. The summed E-state index contributed by atoms with van der Waals surface area (Å²) in [5.74, 6) is 1.29. The quantitative estimate of drug-likeness (QED) is 0.713. The minimum Gasteiger partial charge on any atom is -0.456 e. The Balaban J connectivity index is 2.21. The topological polar surface area (TPSA) is 39.2 Å². The van der Waals surface area contributed by atoms with Gasteiger partial charge < -0.3 is 4.74 Å². The number of hydrogen-bond donors (Lipinski definition) is 0. The van der Waals surface area contributed by atoms with Crippen LogP contribution in [0.25, 0.3) is 0 Å². The SMILES string of the molecule is O=Cc1cncc(Oc2ccccc2)c1. The van der Waals surface area contributed by atoms with Crippen LogP contribution in [0, 0.1) is 0 Å². The molecule has 1 aromatic carbocycles. The van der Waals surface area contributed by atoms with E-state index in [1.54, 1.807) is 12.3 Å². The second kappa shape index (κ2) is 4.37. The molecule has 3 heteroatoms. The molecule has 0 saturated heterocycles. The highest BCUT2D eigenvalue weighted by atomic mass is 16.5. The third kappa shape index (κ3) is 2.40. The van der Waals surface area contributed by atoms with Crippen LogP contribution in [-0.2, 0) is 0 Å². The Morgan fingerprint density at radius 3 is 2.60 bits per heavy atom. The molecule has 74 valence electrons. The molecule has 0 unspecified atom stereocenters. The maximum atomic E-state index is 10.5. The van der Waals surface area contributed by atoms with Gasteiger partial charge in [0.05, 0.1) is 6.20 Å². The second-order valence-electron chi connectivity index (χ2n) is 2.99. The fraction of sp³-hybridized carbons (Fsp3) is 0. The number of aldehydes is 1. The van der Waals surface area contributed by atoms with Crippen LogP contribution >= 0.6 is 0 Å². The van der Waals surface area contributed by atoms with E-state index in [9.17, 15) is 4.79 Å². The van der Waals surface area contributed by atoms with Gasteiger partial charge in [0.2, 0.25) is 0 Å². The number of nitrogens with zero attached hydrogens (tertiary/aromatic N) is 1. The van der Waals surface area contributed by atoms with E-state index in [2.05, 4.69) is 4.98 Å². The van der Waals surface area contributed by atoms with Crippen LogP contribution in [0.1, 0.15) is 10.4 Å². The van der Waals surface area contributed by atoms with Crippen LogP contribution in [0.2, 0.25) is 0 Å². The van der Waals surface area contributed by atoms with E-state index < -0.39 is 0 Å². The Bertz CT molecular complexity index is 454. The van der Waals surface area contributed by atoms with Gasteiger partial charge in [-0.25, -0.2) is 0 Å². The Morgan fingerprint density at radius 2 is 1.87 bits per heavy atom. The van der Waals surface area contributed by atoms with Gasteiger partial charge in [0, 0.05) is 11.8 Å². The Hall–Kier alpha value is -2.16. The summed E-state index contributed by atoms with van der Waals surface area (Å²) in [6.45, 7) is 0. The number of pyridine rings is 1. The van der Waals surface area contributed by atoms with Crippen molar-refractivity contribution < 1.29 is 9.53 Å². The van der Waals surface area contributed by atoms with E-state index in [4.69, 9.17) is 4.74 Å². The number of rotatable bonds is 3. The first kappa shape index (κ1) is 9.40. The van der Waals surface area contributed by atoms with Crippen LogP contribution in [0.15, 0.2) is 48.8 Å². The van der Waals surface area contributed by atoms with Gasteiger partial charge in [0.15, 0.2) is 6.29 Å². The number of hydrogen-bond acceptors (Lipinski definition) is 3. The van der Waals surface area contributed by atoms with Gasteiger partial charge in [-0.2, -0.15) is 0 Å². The zero-order valence-electron chi connectivity index (χ0n) is 7.96. The zero-order valence-corrected chi connectivity index (χ0v) is 7.96. The fourth-order valence-corrected chi connectivity index (χ4v) is 1.18. The fourth-order valence-electron chi connectivity index (χ4n) is 1.18. The summed E-state index contributed by atoms with van der Waals surface area (Å²) in [5, 5.41) is 0. The van der Waals surface area contributed by atoms with Crippen molar-refractivity contribution in [2.24, 2.45) is 0 Å². The lowest BCUT2D eigenvalue weighted by Gasteiger charge is -2.04. The molecule has 0 atom stereocenters. The highest BCUT2D eigenvalue weighted by Gasteiger charge is 1.98. The lowest BCUT2D eigenvalue weighted by atomic mass is 10.3. The predicted molar refractivity (Wildman–Crippen MR) is 56.1 cm³/mol. The summed E-state index contributed by atoms with van der Waals surface area (Å²) in [6, 6.07) is 11.0. The third-order valence-corrected chi connectivity index (χ3v) is 1.85. The minimum atomic E-state index is 0.503. The predicted octanol–water partition coefficient (Wildman–Crippen LogP) is 2.69. The van der Waals surface area contributed by atoms with Crippen LogP contribution in [0.4, 0.5) is 0 Å². The molecule has 0 bridgehead atoms. The maximum absolute atomic E-state index is 10.5. The first-order chi connectivity index (χ1) is 7.38. The Morgan fingerprint density at radius 1 is 1.07 bits per heavy atom. The average molecular weight is 199 g/mol. The molecule has 2 aromatic rings. The summed E-state index contributed by atoms with van der Waals surface area (Å²) < 4.78 is 5.50. The Labute approximate surface area is 87.3 Å². The first-order valence-electron chi connectivity index (χ1n) is 4.51. The number of para-hydroxylation sites is 1. The molecule has 3 nitrogen and oxygen atoms in total. The van der Waals surface area contributed by atoms with Crippen LogP contribution in [0.3, 0.4) is 0 Å². The van der Waals surface area contributed by atoms with E-state index in [0.717, 1.165) is 12.0 Å².